The second-order valence-electron chi connectivity index (χ2n) is 5.29. The van der Waals surface area contributed by atoms with Crippen LogP contribution in [-0.2, 0) is 11.2 Å². The number of hydrogen-bond acceptors (Lipinski definition) is 2. The molecule has 3 rings (SSSR count). The predicted octanol–water partition coefficient (Wildman–Crippen LogP) is 2.77. The van der Waals surface area contributed by atoms with Crippen molar-refractivity contribution in [2.45, 2.75) is 13.3 Å². The number of nitrogens with one attached hydrogen (secondary N) is 1. The highest BCUT2D eigenvalue weighted by molar-refractivity contribution is 6.05. The lowest BCUT2D eigenvalue weighted by atomic mass is 10.1. The molecule has 4 heteroatoms. The van der Waals surface area contributed by atoms with Crippen molar-refractivity contribution in [2.75, 3.05) is 17.3 Å². The lowest BCUT2D eigenvalue weighted by Gasteiger charge is -2.11. The average molecular weight is 280 g/mol. The van der Waals surface area contributed by atoms with E-state index in [2.05, 4.69) is 5.32 Å². The van der Waals surface area contributed by atoms with E-state index >= 15 is 0 Å². The lowest BCUT2D eigenvalue weighted by Crippen LogP contribution is -2.20. The molecular formula is C17H16N2O2. The average Bonchev–Trinajstić information content (AvgIpc) is 2.74. The van der Waals surface area contributed by atoms with Gasteiger partial charge in [0.05, 0.1) is 6.42 Å². The van der Waals surface area contributed by atoms with Gasteiger partial charge in [0.1, 0.15) is 0 Å². The third-order valence-electron chi connectivity index (χ3n) is 3.73. The van der Waals surface area contributed by atoms with Crippen LogP contribution in [0.15, 0.2) is 42.5 Å². The highest BCUT2D eigenvalue weighted by atomic mass is 16.2. The van der Waals surface area contributed by atoms with Crippen LogP contribution >= 0.6 is 0 Å². The van der Waals surface area contributed by atoms with E-state index in [4.69, 9.17) is 0 Å². The van der Waals surface area contributed by atoms with Gasteiger partial charge in [-0.1, -0.05) is 17.7 Å². The maximum absolute atomic E-state index is 12.2. The molecule has 0 saturated carbocycles. The number of amides is 2. The fraction of sp³-hybridized carbons (Fsp3) is 0.176. The van der Waals surface area contributed by atoms with Gasteiger partial charge in [-0.2, -0.15) is 0 Å². The summed E-state index contributed by atoms with van der Waals surface area (Å²) in [4.78, 5) is 25.5. The topological polar surface area (TPSA) is 49.4 Å². The molecule has 0 fully saturated rings. The summed E-state index contributed by atoms with van der Waals surface area (Å²) in [6.45, 7) is 1.98. The number of fused-ring (bicyclic) bond motifs is 1. The van der Waals surface area contributed by atoms with Gasteiger partial charge in [0, 0.05) is 24.0 Å². The molecule has 0 saturated heterocycles. The van der Waals surface area contributed by atoms with Gasteiger partial charge in [0.25, 0.3) is 5.91 Å². The Labute approximate surface area is 123 Å². The maximum atomic E-state index is 12.2. The van der Waals surface area contributed by atoms with E-state index in [0.29, 0.717) is 17.7 Å². The molecule has 106 valence electrons. The number of likely N-dealkylation sites (N-methyl/N-ethyl adjacent to an activating group) is 1. The van der Waals surface area contributed by atoms with Crippen molar-refractivity contribution in [2.24, 2.45) is 0 Å². The Balaban J connectivity index is 1.80. The van der Waals surface area contributed by atoms with E-state index in [1.54, 1.807) is 24.1 Å². The minimum Gasteiger partial charge on any atom is -0.322 e. The summed E-state index contributed by atoms with van der Waals surface area (Å²) in [5.41, 5.74) is 4.31. The largest absolute Gasteiger partial charge is 0.322 e. The van der Waals surface area contributed by atoms with Gasteiger partial charge >= 0.3 is 0 Å². The molecule has 0 unspecified atom stereocenters. The second-order valence-corrected chi connectivity index (χ2v) is 5.29. The predicted molar refractivity (Wildman–Crippen MR) is 82.7 cm³/mol. The van der Waals surface area contributed by atoms with E-state index in [1.807, 2.05) is 37.3 Å². The van der Waals surface area contributed by atoms with Gasteiger partial charge in [-0.3, -0.25) is 9.59 Å². The molecule has 4 nitrogen and oxygen atoms in total. The Morgan fingerprint density at radius 2 is 1.86 bits per heavy atom. The first-order chi connectivity index (χ1) is 10.0. The molecule has 0 aromatic heterocycles. The number of anilines is 2. The summed E-state index contributed by atoms with van der Waals surface area (Å²) in [6, 6.07) is 13.0. The van der Waals surface area contributed by atoms with Crippen molar-refractivity contribution in [3.8, 4) is 0 Å². The van der Waals surface area contributed by atoms with E-state index in [9.17, 15) is 9.59 Å². The third-order valence-corrected chi connectivity index (χ3v) is 3.73. The Kier molecular flexibility index (Phi) is 3.22. The van der Waals surface area contributed by atoms with Crippen molar-refractivity contribution in [1.82, 2.24) is 0 Å². The molecule has 0 radical (unpaired) electrons. The molecule has 1 aliphatic heterocycles. The summed E-state index contributed by atoms with van der Waals surface area (Å²) in [5, 5.41) is 2.87. The van der Waals surface area contributed by atoms with Crippen molar-refractivity contribution in [1.29, 1.82) is 0 Å². The van der Waals surface area contributed by atoms with Gasteiger partial charge in [0.2, 0.25) is 5.91 Å². The molecule has 21 heavy (non-hydrogen) atoms. The normalized spacial score (nSPS) is 13.2. The molecule has 0 spiro atoms. The van der Waals surface area contributed by atoms with E-state index in [1.165, 1.54) is 0 Å². The maximum Gasteiger partial charge on any atom is 0.255 e. The molecule has 0 atom stereocenters. The molecule has 0 aliphatic carbocycles. The minimum absolute atomic E-state index is 0.0759. The van der Waals surface area contributed by atoms with Crippen LogP contribution in [0, 0.1) is 6.92 Å². The van der Waals surface area contributed by atoms with Gasteiger partial charge in [-0.05, 0) is 42.8 Å². The number of hydrogen-bond donors (Lipinski definition) is 1. The number of rotatable bonds is 2. The Hall–Kier alpha value is -2.62. The van der Waals surface area contributed by atoms with E-state index in [0.717, 1.165) is 16.8 Å². The van der Waals surface area contributed by atoms with Crippen molar-refractivity contribution >= 4 is 23.2 Å². The monoisotopic (exact) mass is 280 g/mol. The van der Waals surface area contributed by atoms with E-state index in [-0.39, 0.29) is 11.8 Å². The zero-order chi connectivity index (χ0) is 15.0. The van der Waals surface area contributed by atoms with Crippen LogP contribution in [0.3, 0.4) is 0 Å². The van der Waals surface area contributed by atoms with Gasteiger partial charge in [0.15, 0.2) is 0 Å². The molecular weight excluding hydrogens is 264 g/mol. The van der Waals surface area contributed by atoms with Crippen molar-refractivity contribution < 1.29 is 9.59 Å². The highest BCUT2D eigenvalue weighted by Crippen LogP contribution is 2.30. The van der Waals surface area contributed by atoms with Crippen LogP contribution in [-0.4, -0.2) is 18.9 Å². The zero-order valence-corrected chi connectivity index (χ0v) is 12.0. The molecule has 1 aliphatic rings. The number of carbonyl (C=O) groups is 2. The summed E-state index contributed by atoms with van der Waals surface area (Å²) in [7, 11) is 1.76. The summed E-state index contributed by atoms with van der Waals surface area (Å²) >= 11 is 0. The number of benzene rings is 2. The molecule has 2 aromatic carbocycles. The molecule has 2 amide bonds. The van der Waals surface area contributed by atoms with E-state index < -0.39 is 0 Å². The fourth-order valence-electron chi connectivity index (χ4n) is 2.46. The smallest absolute Gasteiger partial charge is 0.255 e. The Morgan fingerprint density at radius 3 is 2.57 bits per heavy atom. The SMILES string of the molecule is Cc1ccc(C(=O)Nc2ccc3c(c2)CC(=O)N3C)cc1. The van der Waals surface area contributed by atoms with Crippen LogP contribution < -0.4 is 10.2 Å². The van der Waals surface area contributed by atoms with Gasteiger partial charge < -0.3 is 10.2 Å². The number of aryl methyl sites for hydroxylation is 1. The van der Waals surface area contributed by atoms with Crippen LogP contribution in [0.25, 0.3) is 0 Å². The van der Waals surface area contributed by atoms with Crippen LogP contribution in [0.4, 0.5) is 11.4 Å². The van der Waals surface area contributed by atoms with Crippen molar-refractivity contribution in [3.63, 3.8) is 0 Å². The Bertz CT molecular complexity index is 720. The first kappa shape index (κ1) is 13.4. The van der Waals surface area contributed by atoms with Crippen LogP contribution in [0.2, 0.25) is 0 Å². The first-order valence-electron chi connectivity index (χ1n) is 6.82. The van der Waals surface area contributed by atoms with Gasteiger partial charge in [-0.15, -0.1) is 0 Å². The molecule has 2 aromatic rings. The highest BCUT2D eigenvalue weighted by Gasteiger charge is 2.24. The lowest BCUT2D eigenvalue weighted by molar-refractivity contribution is -0.117. The quantitative estimate of drug-likeness (QED) is 0.919. The third kappa shape index (κ3) is 2.52. The Morgan fingerprint density at radius 1 is 1.14 bits per heavy atom. The molecule has 1 N–H and O–H groups in total. The standard InChI is InChI=1S/C17H16N2O2/c1-11-3-5-12(6-4-11)17(21)18-14-7-8-15-13(9-14)10-16(20)19(15)2/h3-9H,10H2,1-2H3,(H,18,21). The summed E-state index contributed by atoms with van der Waals surface area (Å²) in [6.07, 6.45) is 0.389. The zero-order valence-electron chi connectivity index (χ0n) is 12.0. The number of nitrogens with zero attached hydrogens (tertiary/aromatic N) is 1. The van der Waals surface area contributed by atoms with Crippen LogP contribution in [0.1, 0.15) is 21.5 Å². The van der Waals surface area contributed by atoms with Gasteiger partial charge in [-0.25, -0.2) is 0 Å². The second kappa shape index (κ2) is 5.05. The fourth-order valence-corrected chi connectivity index (χ4v) is 2.46. The molecule has 1 heterocycles. The minimum atomic E-state index is -0.146. The summed E-state index contributed by atoms with van der Waals surface area (Å²) < 4.78 is 0. The van der Waals surface area contributed by atoms with Crippen molar-refractivity contribution in [3.05, 3.63) is 59.2 Å². The summed E-state index contributed by atoms with van der Waals surface area (Å²) in [5.74, 6) is -0.0698. The first-order valence-corrected chi connectivity index (χ1v) is 6.82. The molecule has 0 bridgehead atoms. The van der Waals surface area contributed by atoms with Crippen LogP contribution in [0.5, 0.6) is 0 Å². The number of carbonyl (C=O) groups excluding carboxylic acids is 2.